The molecular weight excluding hydrogens is 495 g/mol. The van der Waals surface area contributed by atoms with Gasteiger partial charge in [-0.3, -0.25) is 14.4 Å². The van der Waals surface area contributed by atoms with E-state index in [4.69, 9.17) is 13.7 Å². The van der Waals surface area contributed by atoms with Crippen molar-refractivity contribution >= 4 is 32.5 Å². The monoisotopic (exact) mass is 540 g/mol. The van der Waals surface area contributed by atoms with Crippen molar-refractivity contribution in [1.29, 1.82) is 0 Å². The van der Waals surface area contributed by atoms with Crippen LogP contribution in [0.2, 0.25) is 18.1 Å². The van der Waals surface area contributed by atoms with Gasteiger partial charge < -0.3 is 19.1 Å². The van der Waals surface area contributed by atoms with Gasteiger partial charge in [0.1, 0.15) is 0 Å². The first-order valence-electron chi connectivity index (χ1n) is 13.7. The van der Waals surface area contributed by atoms with Crippen molar-refractivity contribution in [3.8, 4) is 0 Å². The SMILES string of the molecule is Cc1c(NC(=O)c2cc3n(n2)CCN(CCO[Si](C)(C)C(C)(C)C)C3)cccc1B1OC(C)(C)C(C)(C)O1. The second-order valence-electron chi connectivity index (χ2n) is 13.2. The summed E-state index contributed by atoms with van der Waals surface area (Å²) in [4.78, 5) is 15.6. The molecule has 0 saturated carbocycles. The average molecular weight is 541 g/mol. The summed E-state index contributed by atoms with van der Waals surface area (Å²) < 4.78 is 20.8. The minimum Gasteiger partial charge on any atom is -0.416 e. The number of nitrogens with zero attached hydrogens (tertiary/aromatic N) is 3. The van der Waals surface area contributed by atoms with Crippen molar-refractivity contribution < 1.29 is 18.5 Å². The van der Waals surface area contributed by atoms with Crippen molar-refractivity contribution in [2.24, 2.45) is 0 Å². The lowest BCUT2D eigenvalue weighted by molar-refractivity contribution is 0.00578. The Balaban J connectivity index is 1.39. The number of hydrogen-bond acceptors (Lipinski definition) is 6. The van der Waals surface area contributed by atoms with Gasteiger partial charge in [-0.05, 0) is 75.9 Å². The first-order valence-corrected chi connectivity index (χ1v) is 16.6. The van der Waals surface area contributed by atoms with Gasteiger partial charge in [0.05, 0.1) is 23.4 Å². The summed E-state index contributed by atoms with van der Waals surface area (Å²) in [5.74, 6) is -0.214. The molecule has 2 aliphatic rings. The third-order valence-electron chi connectivity index (χ3n) is 8.92. The fourth-order valence-electron chi connectivity index (χ4n) is 4.47. The van der Waals surface area contributed by atoms with Crippen molar-refractivity contribution in [1.82, 2.24) is 14.7 Å². The average Bonchev–Trinajstić information content (AvgIpc) is 3.31. The predicted octanol–water partition coefficient (Wildman–Crippen LogP) is 4.58. The summed E-state index contributed by atoms with van der Waals surface area (Å²) in [6, 6.07) is 7.72. The second-order valence-corrected chi connectivity index (χ2v) is 18.0. The number of amides is 1. The molecule has 0 unspecified atom stereocenters. The molecule has 1 N–H and O–H groups in total. The van der Waals surface area contributed by atoms with Gasteiger partial charge in [0.15, 0.2) is 14.0 Å². The van der Waals surface area contributed by atoms with E-state index in [0.717, 1.165) is 55.2 Å². The van der Waals surface area contributed by atoms with E-state index in [1.165, 1.54) is 0 Å². The molecule has 1 saturated heterocycles. The lowest BCUT2D eigenvalue weighted by atomic mass is 9.76. The molecule has 1 aromatic heterocycles. The minimum absolute atomic E-state index is 0.206. The van der Waals surface area contributed by atoms with E-state index in [-0.39, 0.29) is 10.9 Å². The van der Waals surface area contributed by atoms with Gasteiger partial charge in [0, 0.05) is 31.9 Å². The van der Waals surface area contributed by atoms with Crippen molar-refractivity contribution in [2.75, 3.05) is 25.0 Å². The first kappa shape index (κ1) is 29.0. The molecular formula is C28H45BN4O4Si. The molecule has 0 aliphatic carbocycles. The third-order valence-corrected chi connectivity index (χ3v) is 13.5. The molecule has 2 aliphatic heterocycles. The fraction of sp³-hybridized carbons (Fsp3) is 0.643. The molecule has 0 spiro atoms. The van der Waals surface area contributed by atoms with Crippen molar-refractivity contribution in [2.45, 2.75) is 97.8 Å². The first-order chi connectivity index (χ1) is 17.5. The number of carbonyl (C=O) groups excluding carboxylic acids is 1. The maximum absolute atomic E-state index is 13.2. The number of nitrogens with one attached hydrogen (secondary N) is 1. The molecule has 2 aromatic rings. The molecule has 1 amide bonds. The number of anilines is 1. The standard InChI is InChI=1S/C28H45BN4O4Si/c1-20-22(29-36-27(5,6)28(7,8)37-29)12-11-13-23(20)30-25(34)24-18-21-19-32(14-15-33(21)31-24)16-17-35-38(9,10)26(2,3)4/h11-13,18H,14-17,19H2,1-10H3,(H,30,34). The highest BCUT2D eigenvalue weighted by Crippen LogP contribution is 2.37. The Bertz CT molecular complexity index is 1170. The minimum atomic E-state index is -1.75. The van der Waals surface area contributed by atoms with Crippen LogP contribution in [0.15, 0.2) is 24.3 Å². The summed E-state index contributed by atoms with van der Waals surface area (Å²) in [6.07, 6.45) is 0. The van der Waals surface area contributed by atoms with Gasteiger partial charge in [-0.2, -0.15) is 5.10 Å². The van der Waals surface area contributed by atoms with Gasteiger partial charge in [-0.25, -0.2) is 0 Å². The van der Waals surface area contributed by atoms with Crippen molar-refractivity contribution in [3.63, 3.8) is 0 Å². The van der Waals surface area contributed by atoms with E-state index >= 15 is 0 Å². The molecule has 208 valence electrons. The molecule has 10 heteroatoms. The highest BCUT2D eigenvalue weighted by atomic mass is 28.4. The van der Waals surface area contributed by atoms with E-state index in [1.807, 2.05) is 63.6 Å². The van der Waals surface area contributed by atoms with E-state index in [9.17, 15) is 4.79 Å². The molecule has 1 aromatic carbocycles. The zero-order valence-electron chi connectivity index (χ0n) is 24.9. The number of aromatic nitrogens is 2. The van der Waals surface area contributed by atoms with Crippen LogP contribution in [0.1, 0.15) is 70.2 Å². The zero-order chi connectivity index (χ0) is 28.1. The molecule has 1 fully saturated rings. The number of benzene rings is 1. The largest absolute Gasteiger partial charge is 0.495 e. The number of hydrogen-bond donors (Lipinski definition) is 1. The summed E-state index contributed by atoms with van der Waals surface area (Å²) in [5, 5.41) is 7.87. The Labute approximate surface area is 229 Å². The smallest absolute Gasteiger partial charge is 0.416 e. The van der Waals surface area contributed by atoms with Crippen LogP contribution in [0.4, 0.5) is 5.69 Å². The maximum atomic E-state index is 13.2. The molecule has 3 heterocycles. The van der Waals surface area contributed by atoms with Crippen molar-refractivity contribution in [3.05, 3.63) is 41.2 Å². The Morgan fingerprint density at radius 1 is 1.16 bits per heavy atom. The Morgan fingerprint density at radius 2 is 1.82 bits per heavy atom. The van der Waals surface area contributed by atoms with Gasteiger partial charge in [-0.1, -0.05) is 32.9 Å². The van der Waals surface area contributed by atoms with E-state index < -0.39 is 26.6 Å². The van der Waals surface area contributed by atoms with Crippen LogP contribution in [-0.2, 0) is 26.8 Å². The lowest BCUT2D eigenvalue weighted by Crippen LogP contribution is -2.43. The molecule has 0 radical (unpaired) electrons. The van der Waals surface area contributed by atoms with Gasteiger partial charge in [0.2, 0.25) is 0 Å². The molecule has 8 nitrogen and oxygen atoms in total. The molecule has 4 rings (SSSR count). The van der Waals surface area contributed by atoms with Gasteiger partial charge >= 0.3 is 7.12 Å². The van der Waals surface area contributed by atoms with Crippen LogP contribution in [0.3, 0.4) is 0 Å². The van der Waals surface area contributed by atoms with E-state index in [2.05, 4.69) is 49.2 Å². The summed E-state index contributed by atoms with van der Waals surface area (Å²) in [5.41, 5.74) is 3.21. The summed E-state index contributed by atoms with van der Waals surface area (Å²) in [6.45, 7) is 25.5. The third kappa shape index (κ3) is 5.79. The lowest BCUT2D eigenvalue weighted by Gasteiger charge is -2.37. The molecule has 38 heavy (non-hydrogen) atoms. The Kier molecular flexibility index (Phi) is 7.79. The molecule has 0 atom stereocenters. The quantitative estimate of drug-likeness (QED) is 0.518. The van der Waals surface area contributed by atoms with Crippen LogP contribution in [0, 0.1) is 6.92 Å². The maximum Gasteiger partial charge on any atom is 0.495 e. The fourth-order valence-corrected chi connectivity index (χ4v) is 5.50. The van der Waals surface area contributed by atoms with Gasteiger partial charge in [-0.15, -0.1) is 0 Å². The van der Waals surface area contributed by atoms with Crippen LogP contribution in [0.25, 0.3) is 0 Å². The number of carbonyl (C=O) groups is 1. The normalized spacial score (nSPS) is 19.5. The molecule has 0 bridgehead atoms. The summed E-state index contributed by atoms with van der Waals surface area (Å²) >= 11 is 0. The predicted molar refractivity (Wildman–Crippen MR) is 156 cm³/mol. The Morgan fingerprint density at radius 3 is 2.45 bits per heavy atom. The second kappa shape index (κ2) is 10.2. The van der Waals surface area contributed by atoms with Crippen LogP contribution >= 0.6 is 0 Å². The number of fused-ring (bicyclic) bond motifs is 1. The van der Waals surface area contributed by atoms with E-state index in [0.29, 0.717) is 5.69 Å². The number of rotatable bonds is 7. The topological polar surface area (TPSA) is 77.9 Å². The van der Waals surface area contributed by atoms with Crippen LogP contribution in [-0.4, -0.2) is 66.9 Å². The highest BCUT2D eigenvalue weighted by Gasteiger charge is 2.52. The highest BCUT2D eigenvalue weighted by molar-refractivity contribution is 6.74. The van der Waals surface area contributed by atoms with Crippen LogP contribution in [0.5, 0.6) is 0 Å². The zero-order valence-corrected chi connectivity index (χ0v) is 25.9. The Hall–Kier alpha value is -1.98. The van der Waals surface area contributed by atoms with Gasteiger partial charge in [0.25, 0.3) is 5.91 Å². The van der Waals surface area contributed by atoms with Crippen LogP contribution < -0.4 is 10.8 Å². The summed E-state index contributed by atoms with van der Waals surface area (Å²) in [7, 11) is -2.24. The van der Waals surface area contributed by atoms with E-state index in [1.54, 1.807) is 0 Å².